The lowest BCUT2D eigenvalue weighted by Crippen LogP contribution is -2.13. The van der Waals surface area contributed by atoms with Gasteiger partial charge in [-0.25, -0.2) is 13.8 Å². The Morgan fingerprint density at radius 2 is 1.65 bits per heavy atom. The smallest absolute Gasteiger partial charge is 0.381 e. The Labute approximate surface area is 196 Å². The molecule has 3 aromatic rings. The van der Waals surface area contributed by atoms with Gasteiger partial charge in [-0.2, -0.15) is 13.2 Å². The number of halogens is 5. The highest BCUT2D eigenvalue weighted by Crippen LogP contribution is 2.34. The van der Waals surface area contributed by atoms with Gasteiger partial charge in [0.1, 0.15) is 17.5 Å². The van der Waals surface area contributed by atoms with Crippen LogP contribution in [0.1, 0.15) is 55.9 Å². The monoisotopic (exact) mass is 477 g/mol. The van der Waals surface area contributed by atoms with Crippen LogP contribution in [0.5, 0.6) is 0 Å². The summed E-state index contributed by atoms with van der Waals surface area (Å²) in [6, 6.07) is 10.5. The average molecular weight is 478 g/mol. The van der Waals surface area contributed by atoms with Crippen LogP contribution in [0.2, 0.25) is 0 Å². The molecule has 0 spiro atoms. The van der Waals surface area contributed by atoms with E-state index >= 15 is 0 Å². The van der Waals surface area contributed by atoms with Crippen molar-refractivity contribution >= 4 is 17.2 Å². The third kappa shape index (κ3) is 7.04. The van der Waals surface area contributed by atoms with Crippen LogP contribution >= 0.6 is 0 Å². The lowest BCUT2D eigenvalue weighted by Gasteiger charge is -2.18. The van der Waals surface area contributed by atoms with Crippen LogP contribution in [0.3, 0.4) is 0 Å². The molecule has 3 rings (SSSR count). The molecule has 0 bridgehead atoms. The highest BCUT2D eigenvalue weighted by Gasteiger charge is 2.34. The van der Waals surface area contributed by atoms with E-state index in [1.807, 2.05) is 27.7 Å². The van der Waals surface area contributed by atoms with Crippen molar-refractivity contribution in [2.45, 2.75) is 46.3 Å². The van der Waals surface area contributed by atoms with Crippen molar-refractivity contribution in [2.75, 3.05) is 5.32 Å². The first-order valence-corrected chi connectivity index (χ1v) is 10.9. The van der Waals surface area contributed by atoms with Crippen molar-refractivity contribution < 1.29 is 22.0 Å². The normalized spacial score (nSPS) is 11.0. The van der Waals surface area contributed by atoms with Crippen molar-refractivity contribution in [3.8, 4) is 0 Å². The number of nitrogens with zero attached hydrogens (tertiary/aromatic N) is 1. The molecule has 0 radical (unpaired) electrons. The summed E-state index contributed by atoms with van der Waals surface area (Å²) in [5.74, 6) is -1.26. The van der Waals surface area contributed by atoms with Crippen LogP contribution < -0.4 is 10.6 Å². The van der Waals surface area contributed by atoms with Crippen LogP contribution in [-0.2, 0) is 12.7 Å². The molecule has 2 aromatic carbocycles. The minimum absolute atomic E-state index is 0.0666. The van der Waals surface area contributed by atoms with E-state index in [2.05, 4.69) is 22.2 Å². The zero-order valence-corrected chi connectivity index (χ0v) is 19.5. The molecule has 0 aliphatic rings. The molecular formula is C26H28F5N3. The van der Waals surface area contributed by atoms with Crippen molar-refractivity contribution in [1.82, 2.24) is 10.3 Å². The summed E-state index contributed by atoms with van der Waals surface area (Å²) < 4.78 is 65.5. The van der Waals surface area contributed by atoms with Crippen LogP contribution in [-0.4, -0.2) is 4.98 Å². The van der Waals surface area contributed by atoms with Crippen LogP contribution in [0.4, 0.5) is 33.5 Å². The molecule has 0 saturated carbocycles. The fraction of sp³-hybridized carbons (Fsp3) is 0.269. The standard InChI is InChI=1S/C24H22F5N3.C2H6/c1-14(2)19-11-23(32-18-8-9-22(26)21(10-18)24(27,28)29)31-13-20(19)15(3)30-12-16-4-6-17(25)7-5-16;1-2/h4-11,13-14,30H,3,12H2,1-2H3,(H,31,32);1-2H3. The lowest BCUT2D eigenvalue weighted by atomic mass is 9.97. The van der Waals surface area contributed by atoms with E-state index in [1.54, 1.807) is 24.4 Å². The summed E-state index contributed by atoms with van der Waals surface area (Å²) in [6.07, 6.45) is -3.22. The van der Waals surface area contributed by atoms with Gasteiger partial charge in [-0.05, 0) is 53.4 Å². The lowest BCUT2D eigenvalue weighted by molar-refractivity contribution is -0.139. The molecule has 34 heavy (non-hydrogen) atoms. The van der Waals surface area contributed by atoms with Gasteiger partial charge in [0, 0.05) is 29.7 Å². The van der Waals surface area contributed by atoms with Crippen molar-refractivity contribution in [2.24, 2.45) is 0 Å². The van der Waals surface area contributed by atoms with E-state index in [0.29, 0.717) is 24.1 Å². The number of aromatic nitrogens is 1. The van der Waals surface area contributed by atoms with Gasteiger partial charge in [0.25, 0.3) is 0 Å². The Hall–Kier alpha value is -3.42. The Bertz CT molecular complexity index is 1110. The molecule has 1 heterocycles. The SMILES string of the molecule is C=C(NCc1ccc(F)cc1)c1cnc(Nc2ccc(F)c(C(F)(F)F)c2)cc1C(C)C.CC. The van der Waals surface area contributed by atoms with E-state index in [0.717, 1.165) is 22.8 Å². The number of benzene rings is 2. The van der Waals surface area contributed by atoms with E-state index < -0.39 is 17.6 Å². The Morgan fingerprint density at radius 1 is 1.00 bits per heavy atom. The fourth-order valence-corrected chi connectivity index (χ4v) is 3.14. The van der Waals surface area contributed by atoms with Crippen molar-refractivity contribution in [1.29, 1.82) is 0 Å². The van der Waals surface area contributed by atoms with Gasteiger partial charge in [-0.1, -0.05) is 46.4 Å². The molecule has 1 aromatic heterocycles. The number of pyridine rings is 1. The maximum absolute atomic E-state index is 13.5. The molecule has 182 valence electrons. The molecule has 0 aliphatic carbocycles. The van der Waals surface area contributed by atoms with Gasteiger partial charge in [0.05, 0.1) is 5.56 Å². The molecule has 0 unspecified atom stereocenters. The summed E-state index contributed by atoms with van der Waals surface area (Å²) in [5.41, 5.74) is 1.84. The second kappa shape index (κ2) is 11.6. The van der Waals surface area contributed by atoms with Gasteiger partial charge < -0.3 is 10.6 Å². The summed E-state index contributed by atoms with van der Waals surface area (Å²) in [4.78, 5) is 4.28. The molecule has 3 nitrogen and oxygen atoms in total. The predicted octanol–water partition coefficient (Wildman–Crippen LogP) is 8.03. The topological polar surface area (TPSA) is 37.0 Å². The molecule has 8 heteroatoms. The zero-order chi connectivity index (χ0) is 25.5. The van der Waals surface area contributed by atoms with E-state index in [1.165, 1.54) is 18.2 Å². The van der Waals surface area contributed by atoms with Crippen molar-refractivity contribution in [3.63, 3.8) is 0 Å². The van der Waals surface area contributed by atoms with E-state index in [4.69, 9.17) is 0 Å². The van der Waals surface area contributed by atoms with E-state index in [9.17, 15) is 22.0 Å². The first-order valence-electron chi connectivity index (χ1n) is 10.9. The highest BCUT2D eigenvalue weighted by molar-refractivity contribution is 5.68. The Kier molecular flexibility index (Phi) is 9.18. The third-order valence-electron chi connectivity index (χ3n) is 4.85. The first kappa shape index (κ1) is 26.8. The van der Waals surface area contributed by atoms with Gasteiger partial charge >= 0.3 is 6.18 Å². The molecule has 0 aliphatic heterocycles. The summed E-state index contributed by atoms with van der Waals surface area (Å²) in [6.45, 7) is 12.4. The minimum atomic E-state index is -4.80. The summed E-state index contributed by atoms with van der Waals surface area (Å²) >= 11 is 0. The highest BCUT2D eigenvalue weighted by atomic mass is 19.4. The predicted molar refractivity (Wildman–Crippen MR) is 127 cm³/mol. The quantitative estimate of drug-likeness (QED) is 0.338. The molecular weight excluding hydrogens is 449 g/mol. The number of hydrogen-bond donors (Lipinski definition) is 2. The Morgan fingerprint density at radius 3 is 2.24 bits per heavy atom. The number of nitrogens with one attached hydrogen (secondary N) is 2. The summed E-state index contributed by atoms with van der Waals surface area (Å²) in [7, 11) is 0. The number of alkyl halides is 3. The maximum Gasteiger partial charge on any atom is 0.419 e. The second-order valence-corrected chi connectivity index (χ2v) is 7.59. The van der Waals surface area contributed by atoms with Gasteiger partial charge in [0.15, 0.2) is 0 Å². The molecule has 0 fully saturated rings. The maximum atomic E-state index is 13.5. The van der Waals surface area contributed by atoms with Crippen LogP contribution in [0.25, 0.3) is 5.70 Å². The van der Waals surface area contributed by atoms with Gasteiger partial charge in [-0.3, -0.25) is 0 Å². The third-order valence-corrected chi connectivity index (χ3v) is 4.85. The zero-order valence-electron chi connectivity index (χ0n) is 19.5. The van der Waals surface area contributed by atoms with Gasteiger partial charge in [-0.15, -0.1) is 0 Å². The minimum Gasteiger partial charge on any atom is -0.381 e. The summed E-state index contributed by atoms with van der Waals surface area (Å²) in [5, 5.41) is 5.99. The first-order chi connectivity index (χ1) is 16.0. The second-order valence-electron chi connectivity index (χ2n) is 7.59. The molecule has 0 saturated heterocycles. The fourth-order valence-electron chi connectivity index (χ4n) is 3.14. The molecule has 0 amide bonds. The molecule has 2 N–H and O–H groups in total. The van der Waals surface area contributed by atoms with Crippen molar-refractivity contribution in [3.05, 3.63) is 95.2 Å². The molecule has 0 atom stereocenters. The number of rotatable bonds is 7. The Balaban J connectivity index is 0.00000199. The average Bonchev–Trinajstić information content (AvgIpc) is 2.80. The van der Waals surface area contributed by atoms with Gasteiger partial charge in [0.2, 0.25) is 0 Å². The van der Waals surface area contributed by atoms with Crippen LogP contribution in [0.15, 0.2) is 61.3 Å². The largest absolute Gasteiger partial charge is 0.419 e. The van der Waals surface area contributed by atoms with E-state index in [-0.39, 0.29) is 17.4 Å². The van der Waals surface area contributed by atoms with Crippen LogP contribution in [0, 0.1) is 11.6 Å². The number of hydrogen-bond acceptors (Lipinski definition) is 3. The number of anilines is 2.